The molecule has 2 rings (SSSR count). The van der Waals surface area contributed by atoms with Crippen molar-refractivity contribution in [2.75, 3.05) is 0 Å². The second kappa shape index (κ2) is 4.21. The zero-order chi connectivity index (χ0) is 10.7. The molecule has 0 N–H and O–H groups in total. The highest BCUT2D eigenvalue weighted by Gasteiger charge is 2.34. The molecule has 1 saturated heterocycles. The minimum atomic E-state index is -1.04. The van der Waals surface area contributed by atoms with Crippen molar-refractivity contribution in [3.8, 4) is 0 Å². The summed E-state index contributed by atoms with van der Waals surface area (Å²) in [5.74, 6) is -0.771. The Morgan fingerprint density at radius 2 is 1.80 bits per heavy atom. The van der Waals surface area contributed by atoms with Gasteiger partial charge in [0.1, 0.15) is 0 Å². The van der Waals surface area contributed by atoms with Gasteiger partial charge in [0.2, 0.25) is 0 Å². The van der Waals surface area contributed by atoms with E-state index < -0.39 is 7.12 Å². The number of hydrogen-bond acceptors (Lipinski definition) is 5. The topological polar surface area (TPSA) is 65.7 Å². The third kappa shape index (κ3) is 2.40. The molecule has 1 aliphatic heterocycles. The Morgan fingerprint density at radius 3 is 2.33 bits per heavy atom. The molecular formula is C9H9BO5. The van der Waals surface area contributed by atoms with Crippen LogP contribution in [0.25, 0.3) is 0 Å². The second-order valence-corrected chi connectivity index (χ2v) is 3.18. The third-order valence-electron chi connectivity index (χ3n) is 2.01. The number of furan rings is 1. The van der Waals surface area contributed by atoms with Gasteiger partial charge in [-0.25, -0.2) is 0 Å². The largest absolute Gasteiger partial charge is 0.674 e. The maximum absolute atomic E-state index is 11.2. The molecule has 2 heterocycles. The lowest BCUT2D eigenvalue weighted by molar-refractivity contribution is -0.142. The van der Waals surface area contributed by atoms with Crippen molar-refractivity contribution in [3.63, 3.8) is 0 Å². The number of carbonyl (C=O) groups excluding carboxylic acids is 2. The molecule has 6 heteroatoms. The van der Waals surface area contributed by atoms with Crippen molar-refractivity contribution in [2.45, 2.75) is 19.3 Å². The van der Waals surface area contributed by atoms with Crippen molar-refractivity contribution < 1.29 is 23.3 Å². The molecule has 15 heavy (non-hydrogen) atoms. The zero-order valence-corrected chi connectivity index (χ0v) is 7.97. The predicted octanol–water partition coefficient (Wildman–Crippen LogP) is 0.245. The molecule has 1 aliphatic rings. The quantitative estimate of drug-likeness (QED) is 0.618. The summed E-state index contributed by atoms with van der Waals surface area (Å²) in [4.78, 5) is 22.4. The summed E-state index contributed by atoms with van der Waals surface area (Å²) in [6.07, 6.45) is 2.34. The van der Waals surface area contributed by atoms with Gasteiger partial charge in [0.25, 0.3) is 11.9 Å². The van der Waals surface area contributed by atoms with Crippen LogP contribution < -0.4 is 5.66 Å². The van der Waals surface area contributed by atoms with Crippen molar-refractivity contribution >= 4 is 24.7 Å². The average molecular weight is 208 g/mol. The lowest BCUT2D eigenvalue weighted by Gasteiger charge is -2.15. The molecule has 1 fully saturated rings. The first-order valence-electron chi connectivity index (χ1n) is 4.68. The zero-order valence-electron chi connectivity index (χ0n) is 7.97. The normalized spacial score (nSPS) is 17.7. The SMILES string of the molecule is O=C1CCCC(=O)OB(c2ccco2)O1. The van der Waals surface area contributed by atoms with Gasteiger partial charge >= 0.3 is 7.12 Å². The molecule has 0 aromatic carbocycles. The summed E-state index contributed by atoms with van der Waals surface area (Å²) in [5.41, 5.74) is 0.318. The molecule has 0 bridgehead atoms. The van der Waals surface area contributed by atoms with E-state index in [-0.39, 0.29) is 24.8 Å². The molecule has 78 valence electrons. The fraction of sp³-hybridized carbons (Fsp3) is 0.333. The lowest BCUT2D eigenvalue weighted by atomic mass is 9.85. The van der Waals surface area contributed by atoms with Crippen molar-refractivity contribution in [2.24, 2.45) is 0 Å². The summed E-state index contributed by atoms with van der Waals surface area (Å²) in [6.45, 7) is 0. The van der Waals surface area contributed by atoms with Gasteiger partial charge in [0.05, 0.1) is 6.26 Å². The van der Waals surface area contributed by atoms with Gasteiger partial charge in [-0.1, -0.05) is 0 Å². The molecule has 1 aromatic rings. The maximum Gasteiger partial charge on any atom is 0.674 e. The summed E-state index contributed by atoms with van der Waals surface area (Å²) >= 11 is 0. The Kier molecular flexibility index (Phi) is 2.76. The molecule has 0 radical (unpaired) electrons. The van der Waals surface area contributed by atoms with Gasteiger partial charge in [-0.3, -0.25) is 9.59 Å². The summed E-state index contributed by atoms with van der Waals surface area (Å²) in [5, 5.41) is 0. The van der Waals surface area contributed by atoms with Crippen LogP contribution in [0.15, 0.2) is 22.8 Å². The van der Waals surface area contributed by atoms with Crippen LogP contribution in [0.3, 0.4) is 0 Å². The van der Waals surface area contributed by atoms with Crippen molar-refractivity contribution in [1.82, 2.24) is 0 Å². The minimum absolute atomic E-state index is 0.228. The van der Waals surface area contributed by atoms with Crippen LogP contribution in [0, 0.1) is 0 Å². The molecule has 0 aliphatic carbocycles. The Hall–Kier alpha value is -1.72. The molecule has 0 amide bonds. The first kappa shape index (κ1) is 9.83. The van der Waals surface area contributed by atoms with E-state index in [4.69, 9.17) is 13.7 Å². The van der Waals surface area contributed by atoms with E-state index >= 15 is 0 Å². The number of hydrogen-bond donors (Lipinski definition) is 0. The Morgan fingerprint density at radius 1 is 1.13 bits per heavy atom. The molecule has 0 atom stereocenters. The molecule has 5 nitrogen and oxygen atoms in total. The van der Waals surface area contributed by atoms with Gasteiger partial charge in [-0.05, 0) is 18.6 Å². The van der Waals surface area contributed by atoms with Gasteiger partial charge in [0, 0.05) is 12.8 Å². The van der Waals surface area contributed by atoms with E-state index in [1.807, 2.05) is 0 Å². The van der Waals surface area contributed by atoms with Crippen LogP contribution in [0.4, 0.5) is 0 Å². The van der Waals surface area contributed by atoms with Gasteiger partial charge in [-0.15, -0.1) is 0 Å². The minimum Gasteiger partial charge on any atom is -0.493 e. The predicted molar refractivity (Wildman–Crippen MR) is 50.1 cm³/mol. The highest BCUT2D eigenvalue weighted by Crippen LogP contribution is 2.07. The highest BCUT2D eigenvalue weighted by atomic mass is 16.6. The first-order chi connectivity index (χ1) is 7.25. The first-order valence-corrected chi connectivity index (χ1v) is 4.68. The van der Waals surface area contributed by atoms with Crippen molar-refractivity contribution in [3.05, 3.63) is 18.4 Å². The number of carbonyl (C=O) groups is 2. The van der Waals surface area contributed by atoms with E-state index in [1.54, 1.807) is 12.1 Å². The second-order valence-electron chi connectivity index (χ2n) is 3.18. The van der Waals surface area contributed by atoms with Crippen molar-refractivity contribution in [1.29, 1.82) is 0 Å². The van der Waals surface area contributed by atoms with E-state index in [1.165, 1.54) is 6.26 Å². The summed E-state index contributed by atoms with van der Waals surface area (Å²) < 4.78 is 14.9. The van der Waals surface area contributed by atoms with Crippen LogP contribution in [0.5, 0.6) is 0 Å². The Bertz CT molecular complexity index is 341. The number of rotatable bonds is 1. The van der Waals surface area contributed by atoms with Crippen LogP contribution in [0.1, 0.15) is 19.3 Å². The molecule has 1 aromatic heterocycles. The Balaban J connectivity index is 2.13. The van der Waals surface area contributed by atoms with Gasteiger partial charge < -0.3 is 13.7 Å². The highest BCUT2D eigenvalue weighted by molar-refractivity contribution is 6.63. The van der Waals surface area contributed by atoms with Gasteiger partial charge in [-0.2, -0.15) is 0 Å². The summed E-state index contributed by atoms with van der Waals surface area (Å²) in [6, 6.07) is 3.22. The van der Waals surface area contributed by atoms with E-state index in [0.717, 1.165) is 0 Å². The van der Waals surface area contributed by atoms with Crippen LogP contribution in [-0.2, 0) is 18.9 Å². The fourth-order valence-electron chi connectivity index (χ4n) is 1.30. The van der Waals surface area contributed by atoms with Crippen LogP contribution >= 0.6 is 0 Å². The monoisotopic (exact) mass is 208 g/mol. The van der Waals surface area contributed by atoms with Gasteiger partial charge in [0.15, 0.2) is 5.66 Å². The molecule has 0 saturated carbocycles. The van der Waals surface area contributed by atoms with E-state index in [2.05, 4.69) is 0 Å². The maximum atomic E-state index is 11.2. The third-order valence-corrected chi connectivity index (χ3v) is 2.01. The smallest absolute Gasteiger partial charge is 0.493 e. The fourth-order valence-corrected chi connectivity index (χ4v) is 1.30. The standard InChI is InChI=1S/C9H9BO5/c11-8-4-1-5-9(12)15-10(14-8)7-3-2-6-13-7/h2-3,6H,1,4-5H2. The van der Waals surface area contributed by atoms with E-state index in [0.29, 0.717) is 12.1 Å². The Labute approximate surface area is 86.5 Å². The summed E-state index contributed by atoms with van der Waals surface area (Å²) in [7, 11) is -1.04. The molecule has 0 spiro atoms. The van der Waals surface area contributed by atoms with E-state index in [9.17, 15) is 9.59 Å². The van der Waals surface area contributed by atoms with Crippen LogP contribution in [0.2, 0.25) is 0 Å². The average Bonchev–Trinajstić information content (AvgIpc) is 2.66. The molecule has 0 unspecified atom stereocenters. The lowest BCUT2D eigenvalue weighted by Crippen LogP contribution is -2.41. The van der Waals surface area contributed by atoms with Crippen LogP contribution in [-0.4, -0.2) is 19.1 Å². The molecular weight excluding hydrogens is 199 g/mol.